The van der Waals surface area contributed by atoms with Crippen molar-refractivity contribution in [3.05, 3.63) is 33.9 Å². The van der Waals surface area contributed by atoms with E-state index in [0.717, 1.165) is 6.42 Å². The van der Waals surface area contributed by atoms with E-state index >= 15 is 0 Å². The van der Waals surface area contributed by atoms with Crippen LogP contribution in [0.3, 0.4) is 0 Å². The van der Waals surface area contributed by atoms with Gasteiger partial charge in [-0.3, -0.25) is 14.9 Å². The zero-order valence-corrected chi connectivity index (χ0v) is 13.0. The lowest BCUT2D eigenvalue weighted by molar-refractivity contribution is -0.384. The van der Waals surface area contributed by atoms with Crippen LogP contribution in [0.25, 0.3) is 0 Å². The first-order chi connectivity index (χ1) is 9.74. The molecule has 0 aliphatic rings. The van der Waals surface area contributed by atoms with Crippen molar-refractivity contribution in [3.8, 4) is 0 Å². The number of hydrogen-bond donors (Lipinski definition) is 2. The third-order valence-corrected chi connectivity index (χ3v) is 2.80. The van der Waals surface area contributed by atoms with Gasteiger partial charge in [0.1, 0.15) is 0 Å². The number of nitro groups is 1. The Morgan fingerprint density at radius 3 is 2.52 bits per heavy atom. The predicted octanol–water partition coefficient (Wildman–Crippen LogP) is 3.19. The van der Waals surface area contributed by atoms with Gasteiger partial charge >= 0.3 is 0 Å². The summed E-state index contributed by atoms with van der Waals surface area (Å²) in [6.45, 7) is 9.25. The molecule has 116 valence electrons. The number of amides is 1. The Kier molecular flexibility index (Phi) is 5.69. The third kappa shape index (κ3) is 5.41. The maximum atomic E-state index is 12.3. The molecule has 1 aromatic rings. The molecule has 6 heteroatoms. The quantitative estimate of drug-likeness (QED) is 0.623. The van der Waals surface area contributed by atoms with E-state index in [4.69, 9.17) is 0 Å². The lowest BCUT2D eigenvalue weighted by Gasteiger charge is -2.19. The summed E-state index contributed by atoms with van der Waals surface area (Å²) in [4.78, 5) is 22.7. The number of nitro benzene ring substituents is 1. The van der Waals surface area contributed by atoms with E-state index in [1.165, 1.54) is 12.1 Å². The molecular weight excluding hydrogens is 270 g/mol. The number of carbonyl (C=O) groups excluding carboxylic acids is 1. The van der Waals surface area contributed by atoms with Gasteiger partial charge in [0.05, 0.1) is 10.5 Å². The lowest BCUT2D eigenvalue weighted by atomic mass is 9.97. The average Bonchev–Trinajstić information content (AvgIpc) is 2.41. The highest BCUT2D eigenvalue weighted by Crippen LogP contribution is 2.22. The Morgan fingerprint density at radius 2 is 2.00 bits per heavy atom. The van der Waals surface area contributed by atoms with E-state index in [1.807, 2.05) is 27.7 Å². The van der Waals surface area contributed by atoms with Gasteiger partial charge in [-0.25, -0.2) is 0 Å². The lowest BCUT2D eigenvalue weighted by Crippen LogP contribution is -2.32. The van der Waals surface area contributed by atoms with Gasteiger partial charge in [0.25, 0.3) is 11.6 Å². The van der Waals surface area contributed by atoms with Crippen LogP contribution in [0.4, 0.5) is 11.4 Å². The van der Waals surface area contributed by atoms with E-state index in [2.05, 4.69) is 10.6 Å². The molecule has 0 spiro atoms. The topological polar surface area (TPSA) is 84.3 Å². The van der Waals surface area contributed by atoms with Gasteiger partial charge in [-0.2, -0.15) is 0 Å². The Morgan fingerprint density at radius 1 is 1.33 bits per heavy atom. The van der Waals surface area contributed by atoms with Crippen molar-refractivity contribution >= 4 is 17.3 Å². The summed E-state index contributed by atoms with van der Waals surface area (Å²) in [5, 5.41) is 16.8. The molecule has 0 aliphatic carbocycles. The van der Waals surface area contributed by atoms with Crippen LogP contribution < -0.4 is 10.6 Å². The van der Waals surface area contributed by atoms with Crippen LogP contribution in [0.5, 0.6) is 0 Å². The third-order valence-electron chi connectivity index (χ3n) is 2.80. The number of non-ortho nitro benzene ring substituents is 1. The van der Waals surface area contributed by atoms with Crippen LogP contribution in [-0.4, -0.2) is 23.9 Å². The van der Waals surface area contributed by atoms with Gasteiger partial charge in [0, 0.05) is 30.9 Å². The van der Waals surface area contributed by atoms with E-state index in [-0.39, 0.29) is 17.0 Å². The molecule has 0 atom stereocenters. The van der Waals surface area contributed by atoms with Crippen LogP contribution in [0.15, 0.2) is 18.2 Å². The van der Waals surface area contributed by atoms with Crippen LogP contribution in [-0.2, 0) is 0 Å². The predicted molar refractivity (Wildman–Crippen MR) is 83.7 cm³/mol. The molecule has 2 N–H and O–H groups in total. The summed E-state index contributed by atoms with van der Waals surface area (Å²) in [7, 11) is 0. The first kappa shape index (κ1) is 16.9. The van der Waals surface area contributed by atoms with Gasteiger partial charge in [-0.15, -0.1) is 0 Å². The molecule has 0 aliphatic heterocycles. The zero-order chi connectivity index (χ0) is 16.0. The number of nitrogens with one attached hydrogen (secondary N) is 2. The summed E-state index contributed by atoms with van der Waals surface area (Å²) in [5.41, 5.74) is 0.793. The molecule has 1 aromatic carbocycles. The summed E-state index contributed by atoms with van der Waals surface area (Å²) < 4.78 is 0. The normalized spacial score (nSPS) is 11.0. The van der Waals surface area contributed by atoms with Crippen molar-refractivity contribution in [2.75, 3.05) is 18.4 Å². The molecule has 0 saturated heterocycles. The molecule has 0 heterocycles. The summed E-state index contributed by atoms with van der Waals surface area (Å²) in [6.07, 6.45) is 0.903. The summed E-state index contributed by atoms with van der Waals surface area (Å²) in [5.74, 6) is -0.299. The van der Waals surface area contributed by atoms with E-state index < -0.39 is 4.92 Å². The molecule has 0 aromatic heterocycles. The second-order valence-electron chi connectivity index (χ2n) is 6.16. The minimum atomic E-state index is -0.496. The number of anilines is 1. The molecule has 0 fully saturated rings. The second kappa shape index (κ2) is 7.06. The van der Waals surface area contributed by atoms with Crippen molar-refractivity contribution in [2.45, 2.75) is 34.1 Å². The highest BCUT2D eigenvalue weighted by atomic mass is 16.6. The number of carbonyl (C=O) groups is 1. The van der Waals surface area contributed by atoms with E-state index in [0.29, 0.717) is 24.3 Å². The summed E-state index contributed by atoms with van der Waals surface area (Å²) in [6, 6.07) is 4.30. The molecular formula is C15H23N3O3. The van der Waals surface area contributed by atoms with Crippen molar-refractivity contribution in [3.63, 3.8) is 0 Å². The van der Waals surface area contributed by atoms with Crippen LogP contribution in [0, 0.1) is 15.5 Å². The minimum Gasteiger partial charge on any atom is -0.384 e. The fraction of sp³-hybridized carbons (Fsp3) is 0.533. The van der Waals surface area contributed by atoms with Crippen molar-refractivity contribution in [1.82, 2.24) is 5.32 Å². The van der Waals surface area contributed by atoms with Gasteiger partial charge < -0.3 is 10.6 Å². The fourth-order valence-corrected chi connectivity index (χ4v) is 1.69. The zero-order valence-electron chi connectivity index (χ0n) is 13.0. The van der Waals surface area contributed by atoms with Crippen LogP contribution in [0.1, 0.15) is 44.5 Å². The number of hydrogen-bond acceptors (Lipinski definition) is 4. The highest BCUT2D eigenvalue weighted by Gasteiger charge is 2.18. The molecule has 6 nitrogen and oxygen atoms in total. The van der Waals surface area contributed by atoms with Crippen LogP contribution in [0.2, 0.25) is 0 Å². The Balaban J connectivity index is 3.01. The Hall–Kier alpha value is -2.11. The molecule has 0 saturated carbocycles. The number of rotatable bonds is 6. The Bertz CT molecular complexity index is 521. The highest BCUT2D eigenvalue weighted by molar-refractivity contribution is 6.00. The molecule has 0 bridgehead atoms. The SMILES string of the molecule is CCCNc1ccc([N+](=O)[O-])cc1C(=O)NCC(C)(C)C. The maximum absolute atomic E-state index is 12.3. The minimum absolute atomic E-state index is 0.0482. The average molecular weight is 293 g/mol. The van der Waals surface area contributed by atoms with Gasteiger partial charge in [0.15, 0.2) is 0 Å². The second-order valence-corrected chi connectivity index (χ2v) is 6.16. The first-order valence-electron chi connectivity index (χ1n) is 7.05. The summed E-state index contributed by atoms with van der Waals surface area (Å²) >= 11 is 0. The smallest absolute Gasteiger partial charge is 0.270 e. The van der Waals surface area contributed by atoms with E-state index in [1.54, 1.807) is 6.07 Å². The molecule has 1 amide bonds. The van der Waals surface area contributed by atoms with Crippen molar-refractivity contribution < 1.29 is 9.72 Å². The number of nitrogens with zero attached hydrogens (tertiary/aromatic N) is 1. The molecule has 21 heavy (non-hydrogen) atoms. The maximum Gasteiger partial charge on any atom is 0.270 e. The van der Waals surface area contributed by atoms with Crippen molar-refractivity contribution in [1.29, 1.82) is 0 Å². The van der Waals surface area contributed by atoms with Gasteiger partial charge in [-0.05, 0) is 17.9 Å². The molecule has 0 radical (unpaired) electrons. The Labute approximate surface area is 125 Å². The van der Waals surface area contributed by atoms with Gasteiger partial charge in [0.2, 0.25) is 0 Å². The first-order valence-corrected chi connectivity index (χ1v) is 7.05. The van der Waals surface area contributed by atoms with Crippen LogP contribution >= 0.6 is 0 Å². The molecule has 1 rings (SSSR count). The fourth-order valence-electron chi connectivity index (χ4n) is 1.69. The monoisotopic (exact) mass is 293 g/mol. The standard InChI is InChI=1S/C15H23N3O3/c1-5-8-16-13-7-6-11(18(20)21)9-12(13)14(19)17-10-15(2,3)4/h6-7,9,16H,5,8,10H2,1-4H3,(H,17,19). The van der Waals surface area contributed by atoms with Gasteiger partial charge in [-0.1, -0.05) is 27.7 Å². The number of benzene rings is 1. The van der Waals surface area contributed by atoms with E-state index in [9.17, 15) is 14.9 Å². The largest absolute Gasteiger partial charge is 0.384 e. The molecule has 0 unspecified atom stereocenters. The van der Waals surface area contributed by atoms with Crippen molar-refractivity contribution in [2.24, 2.45) is 5.41 Å².